The number of halogens is 1. The lowest BCUT2D eigenvalue weighted by Gasteiger charge is -2.25. The third-order valence-corrected chi connectivity index (χ3v) is 2.62. The summed E-state index contributed by atoms with van der Waals surface area (Å²) in [5.41, 5.74) is 0. The maximum absolute atomic E-state index is 11.5. The fourth-order valence-corrected chi connectivity index (χ4v) is 1.70. The molecular weight excluding hydrogens is 246 g/mol. The Balaban J connectivity index is 2.20. The highest BCUT2D eigenvalue weighted by molar-refractivity contribution is 9.10. The zero-order valence-corrected chi connectivity index (χ0v) is 9.20. The number of piperidine rings is 1. The maximum atomic E-state index is 11.5. The molecule has 0 saturated carbocycles. The molecule has 0 aliphatic carbocycles. The van der Waals surface area contributed by atoms with Gasteiger partial charge in [-0.2, -0.15) is 0 Å². The van der Waals surface area contributed by atoms with Crippen LogP contribution in [0.15, 0.2) is 17.0 Å². The Morgan fingerprint density at radius 2 is 2.14 bits per heavy atom. The number of aromatic nitrogens is 2. The van der Waals surface area contributed by atoms with E-state index in [9.17, 15) is 4.79 Å². The van der Waals surface area contributed by atoms with Gasteiger partial charge in [-0.15, -0.1) is 0 Å². The molecule has 1 fully saturated rings. The molecule has 1 aromatic heterocycles. The van der Waals surface area contributed by atoms with E-state index in [4.69, 9.17) is 0 Å². The van der Waals surface area contributed by atoms with Crippen molar-refractivity contribution < 1.29 is 4.79 Å². The van der Waals surface area contributed by atoms with E-state index >= 15 is 0 Å². The van der Waals surface area contributed by atoms with Crippen molar-refractivity contribution in [1.29, 1.82) is 0 Å². The van der Waals surface area contributed by atoms with Crippen molar-refractivity contribution in [3.8, 4) is 0 Å². The van der Waals surface area contributed by atoms with Crippen molar-refractivity contribution >= 4 is 27.7 Å². The second-order valence-electron chi connectivity index (χ2n) is 3.20. The van der Waals surface area contributed by atoms with Crippen LogP contribution in [0.4, 0.5) is 5.82 Å². The molecule has 1 aliphatic heterocycles. The molecule has 4 nitrogen and oxygen atoms in total. The summed E-state index contributed by atoms with van der Waals surface area (Å²) in [6.45, 7) is 0.759. The van der Waals surface area contributed by atoms with Crippen LogP contribution in [0.25, 0.3) is 0 Å². The first kappa shape index (κ1) is 9.58. The predicted molar refractivity (Wildman–Crippen MR) is 55.9 cm³/mol. The summed E-state index contributed by atoms with van der Waals surface area (Å²) < 4.78 is 0.686. The third-order valence-electron chi connectivity index (χ3n) is 2.21. The average molecular weight is 256 g/mol. The van der Waals surface area contributed by atoms with E-state index in [1.807, 2.05) is 0 Å². The van der Waals surface area contributed by atoms with Crippen molar-refractivity contribution in [1.82, 2.24) is 9.97 Å². The summed E-state index contributed by atoms with van der Waals surface area (Å²) in [6, 6.07) is 0. The summed E-state index contributed by atoms with van der Waals surface area (Å²) in [7, 11) is 0. The molecule has 0 aromatic carbocycles. The highest BCUT2D eigenvalue weighted by Gasteiger charge is 2.20. The second kappa shape index (κ2) is 4.04. The summed E-state index contributed by atoms with van der Waals surface area (Å²) in [5, 5.41) is 0. The Labute approximate surface area is 90.5 Å². The smallest absolute Gasteiger partial charge is 0.228 e. The maximum Gasteiger partial charge on any atom is 0.228 e. The van der Waals surface area contributed by atoms with Gasteiger partial charge in [-0.05, 0) is 28.8 Å². The van der Waals surface area contributed by atoms with Gasteiger partial charge >= 0.3 is 0 Å². The molecule has 0 bridgehead atoms. The lowest BCUT2D eigenvalue weighted by molar-refractivity contribution is -0.119. The minimum absolute atomic E-state index is 0.146. The fourth-order valence-electron chi connectivity index (χ4n) is 1.49. The molecule has 5 heteroatoms. The Bertz CT molecular complexity index is 338. The minimum atomic E-state index is 0.146. The monoisotopic (exact) mass is 255 g/mol. The molecule has 1 aliphatic rings. The number of hydrogen-bond donors (Lipinski definition) is 0. The van der Waals surface area contributed by atoms with E-state index in [1.54, 1.807) is 17.3 Å². The summed E-state index contributed by atoms with van der Waals surface area (Å²) in [5.74, 6) is 0.797. The first-order chi connectivity index (χ1) is 6.77. The molecule has 0 unspecified atom stereocenters. The van der Waals surface area contributed by atoms with E-state index in [1.165, 1.54) is 0 Å². The Morgan fingerprint density at radius 1 is 1.29 bits per heavy atom. The second-order valence-corrected chi connectivity index (χ2v) is 4.01. The normalized spacial score (nSPS) is 17.2. The number of hydrogen-bond acceptors (Lipinski definition) is 3. The van der Waals surface area contributed by atoms with E-state index in [-0.39, 0.29) is 5.91 Å². The van der Waals surface area contributed by atoms with Crippen LogP contribution in [0.1, 0.15) is 19.3 Å². The topological polar surface area (TPSA) is 46.1 Å². The summed E-state index contributed by atoms with van der Waals surface area (Å²) >= 11 is 3.21. The Morgan fingerprint density at radius 3 is 2.79 bits per heavy atom. The van der Waals surface area contributed by atoms with Crippen LogP contribution in [-0.4, -0.2) is 22.4 Å². The van der Waals surface area contributed by atoms with E-state index < -0.39 is 0 Å². The SMILES string of the molecule is O=C1CCCCN1c1cnc(Br)cn1. The quantitative estimate of drug-likeness (QED) is 0.769. The van der Waals surface area contributed by atoms with Crippen LogP contribution in [-0.2, 0) is 4.79 Å². The van der Waals surface area contributed by atoms with Gasteiger partial charge in [-0.1, -0.05) is 0 Å². The third kappa shape index (κ3) is 1.92. The zero-order valence-electron chi connectivity index (χ0n) is 7.61. The first-order valence-electron chi connectivity index (χ1n) is 4.55. The molecule has 0 radical (unpaired) electrons. The van der Waals surface area contributed by atoms with Gasteiger partial charge in [0.2, 0.25) is 5.91 Å². The predicted octanol–water partition coefficient (Wildman–Crippen LogP) is 1.76. The molecule has 0 spiro atoms. The van der Waals surface area contributed by atoms with Crippen LogP contribution >= 0.6 is 15.9 Å². The van der Waals surface area contributed by atoms with Crippen molar-refractivity contribution in [3.05, 3.63) is 17.0 Å². The lowest BCUT2D eigenvalue weighted by Crippen LogP contribution is -2.35. The molecule has 0 N–H and O–H groups in total. The summed E-state index contributed by atoms with van der Waals surface area (Å²) in [6.07, 6.45) is 5.88. The fraction of sp³-hybridized carbons (Fsp3) is 0.444. The van der Waals surface area contributed by atoms with Gasteiger partial charge in [-0.25, -0.2) is 9.97 Å². The number of amides is 1. The first-order valence-corrected chi connectivity index (χ1v) is 5.34. The van der Waals surface area contributed by atoms with Crippen LogP contribution in [0.2, 0.25) is 0 Å². The van der Waals surface area contributed by atoms with Crippen LogP contribution in [0, 0.1) is 0 Å². The molecule has 1 aromatic rings. The van der Waals surface area contributed by atoms with E-state index in [0.29, 0.717) is 16.8 Å². The minimum Gasteiger partial charge on any atom is -0.296 e. The van der Waals surface area contributed by atoms with Crippen molar-refractivity contribution in [2.24, 2.45) is 0 Å². The number of carbonyl (C=O) groups is 1. The molecule has 2 heterocycles. The zero-order chi connectivity index (χ0) is 9.97. The van der Waals surface area contributed by atoms with Crippen molar-refractivity contribution in [2.75, 3.05) is 11.4 Å². The molecule has 1 saturated heterocycles. The number of carbonyl (C=O) groups excluding carboxylic acids is 1. The van der Waals surface area contributed by atoms with Gasteiger partial charge in [0, 0.05) is 13.0 Å². The molecule has 2 rings (SSSR count). The van der Waals surface area contributed by atoms with Crippen LogP contribution < -0.4 is 4.90 Å². The summed E-state index contributed by atoms with van der Waals surface area (Å²) in [4.78, 5) is 21.4. The van der Waals surface area contributed by atoms with Crippen LogP contribution in [0.3, 0.4) is 0 Å². The molecule has 74 valence electrons. The van der Waals surface area contributed by atoms with Gasteiger partial charge < -0.3 is 0 Å². The van der Waals surface area contributed by atoms with Gasteiger partial charge in [-0.3, -0.25) is 9.69 Å². The van der Waals surface area contributed by atoms with E-state index in [0.717, 1.165) is 19.4 Å². The number of rotatable bonds is 1. The molecular formula is C9H10BrN3O. The largest absolute Gasteiger partial charge is 0.296 e. The molecule has 14 heavy (non-hydrogen) atoms. The van der Waals surface area contributed by atoms with Gasteiger partial charge in [0.05, 0.1) is 12.4 Å². The highest BCUT2D eigenvalue weighted by atomic mass is 79.9. The highest BCUT2D eigenvalue weighted by Crippen LogP contribution is 2.18. The van der Waals surface area contributed by atoms with E-state index in [2.05, 4.69) is 25.9 Å². The average Bonchev–Trinajstić information content (AvgIpc) is 2.20. The van der Waals surface area contributed by atoms with Gasteiger partial charge in [0.15, 0.2) is 5.82 Å². The number of anilines is 1. The lowest BCUT2D eigenvalue weighted by atomic mass is 10.1. The standard InChI is InChI=1S/C9H10BrN3O/c10-7-5-12-8(6-11-7)13-4-2-1-3-9(13)14/h5-6H,1-4H2. The Kier molecular flexibility index (Phi) is 2.77. The molecule has 0 atom stereocenters. The Hall–Kier alpha value is -0.970. The number of nitrogens with zero attached hydrogens (tertiary/aromatic N) is 3. The molecule has 1 amide bonds. The van der Waals surface area contributed by atoms with Crippen molar-refractivity contribution in [2.45, 2.75) is 19.3 Å². The van der Waals surface area contributed by atoms with Crippen molar-refractivity contribution in [3.63, 3.8) is 0 Å². The van der Waals surface area contributed by atoms with Gasteiger partial charge in [0.1, 0.15) is 4.60 Å². The van der Waals surface area contributed by atoms with Crippen LogP contribution in [0.5, 0.6) is 0 Å². The van der Waals surface area contributed by atoms with Gasteiger partial charge in [0.25, 0.3) is 0 Å².